The predicted octanol–water partition coefficient (Wildman–Crippen LogP) is 3.95. The first-order valence-corrected chi connectivity index (χ1v) is 7.37. The van der Waals surface area contributed by atoms with Crippen molar-refractivity contribution in [1.29, 1.82) is 0 Å². The molecule has 1 atom stereocenters. The molecule has 106 valence electrons. The van der Waals surface area contributed by atoms with Gasteiger partial charge in [-0.1, -0.05) is 35.9 Å². The summed E-state index contributed by atoms with van der Waals surface area (Å²) in [6.45, 7) is 0.612. The molecule has 3 nitrogen and oxygen atoms in total. The van der Waals surface area contributed by atoms with E-state index in [4.69, 9.17) is 16.3 Å². The predicted molar refractivity (Wildman–Crippen MR) is 85.6 cm³/mol. The van der Waals surface area contributed by atoms with Gasteiger partial charge in [-0.25, -0.2) is 0 Å². The summed E-state index contributed by atoms with van der Waals surface area (Å²) in [5, 5.41) is 13.7. The second-order valence-corrected chi connectivity index (χ2v) is 5.46. The molecule has 1 unspecified atom stereocenters. The lowest BCUT2D eigenvalue weighted by atomic mass is 10.3. The summed E-state index contributed by atoms with van der Waals surface area (Å²) in [6.07, 6.45) is -0.610. The van der Waals surface area contributed by atoms with Crippen molar-refractivity contribution in [3.63, 3.8) is 0 Å². The largest absolute Gasteiger partial charge is 0.491 e. The van der Waals surface area contributed by atoms with Crippen molar-refractivity contribution < 1.29 is 9.84 Å². The first-order chi connectivity index (χ1) is 9.66. The molecular weight excluding hydrogens is 342 g/mol. The third-order valence-corrected chi connectivity index (χ3v) is 4.06. The van der Waals surface area contributed by atoms with Crippen LogP contribution in [0.1, 0.15) is 0 Å². The minimum atomic E-state index is -0.610. The number of rotatable bonds is 6. The number of halogens is 2. The number of hydrogen-bond donors (Lipinski definition) is 2. The first kappa shape index (κ1) is 15.2. The quantitative estimate of drug-likeness (QED) is 0.823. The van der Waals surface area contributed by atoms with Gasteiger partial charge in [-0.3, -0.25) is 0 Å². The fraction of sp³-hybridized carbons (Fsp3) is 0.200. The summed E-state index contributed by atoms with van der Waals surface area (Å²) in [5.41, 5.74) is 0.844. The molecule has 5 heteroatoms. The lowest BCUT2D eigenvalue weighted by Crippen LogP contribution is -2.26. The Morgan fingerprint density at radius 1 is 1.15 bits per heavy atom. The van der Waals surface area contributed by atoms with Crippen molar-refractivity contribution >= 4 is 33.2 Å². The van der Waals surface area contributed by atoms with Gasteiger partial charge in [-0.2, -0.15) is 0 Å². The standard InChI is InChI=1S/C15H15BrClNO2/c16-15-13(17)7-4-8-14(15)18-9-11(19)10-20-12-5-2-1-3-6-12/h1-8,11,18-19H,9-10H2. The van der Waals surface area contributed by atoms with E-state index in [1.807, 2.05) is 42.5 Å². The van der Waals surface area contributed by atoms with Gasteiger partial charge in [-0.05, 0) is 40.2 Å². The molecule has 0 saturated carbocycles. The van der Waals surface area contributed by atoms with Crippen LogP contribution in [0.4, 0.5) is 5.69 Å². The zero-order valence-electron chi connectivity index (χ0n) is 10.7. The van der Waals surface area contributed by atoms with Crippen LogP contribution in [-0.2, 0) is 0 Å². The van der Waals surface area contributed by atoms with Gasteiger partial charge in [-0.15, -0.1) is 0 Å². The molecule has 0 bridgehead atoms. The molecule has 0 fully saturated rings. The second-order valence-electron chi connectivity index (χ2n) is 4.26. The summed E-state index contributed by atoms with van der Waals surface area (Å²) < 4.78 is 6.27. The molecule has 0 aliphatic rings. The van der Waals surface area contributed by atoms with Gasteiger partial charge in [0.2, 0.25) is 0 Å². The first-order valence-electron chi connectivity index (χ1n) is 6.20. The van der Waals surface area contributed by atoms with Crippen molar-refractivity contribution in [2.45, 2.75) is 6.10 Å². The number of para-hydroxylation sites is 1. The zero-order chi connectivity index (χ0) is 14.4. The molecule has 2 N–H and O–H groups in total. The zero-order valence-corrected chi connectivity index (χ0v) is 13.1. The lowest BCUT2D eigenvalue weighted by molar-refractivity contribution is 0.117. The third-order valence-electron chi connectivity index (χ3n) is 2.67. The molecule has 0 aromatic heterocycles. The third kappa shape index (κ3) is 4.40. The van der Waals surface area contributed by atoms with E-state index in [-0.39, 0.29) is 6.61 Å². The molecule has 2 aromatic carbocycles. The Morgan fingerprint density at radius 3 is 2.65 bits per heavy atom. The van der Waals surface area contributed by atoms with E-state index in [2.05, 4.69) is 21.2 Å². The van der Waals surface area contributed by atoms with E-state index in [1.165, 1.54) is 0 Å². The lowest BCUT2D eigenvalue weighted by Gasteiger charge is -2.15. The van der Waals surface area contributed by atoms with Crippen LogP contribution >= 0.6 is 27.5 Å². The van der Waals surface area contributed by atoms with Crippen molar-refractivity contribution in [2.24, 2.45) is 0 Å². The van der Waals surface area contributed by atoms with E-state index in [0.29, 0.717) is 11.6 Å². The molecular formula is C15H15BrClNO2. The number of ether oxygens (including phenoxy) is 1. The summed E-state index contributed by atoms with van der Waals surface area (Å²) in [7, 11) is 0. The monoisotopic (exact) mass is 355 g/mol. The van der Waals surface area contributed by atoms with Gasteiger partial charge in [0.1, 0.15) is 18.5 Å². The minimum absolute atomic E-state index is 0.231. The number of aliphatic hydroxyl groups excluding tert-OH is 1. The van der Waals surface area contributed by atoms with Crippen LogP contribution in [0.5, 0.6) is 5.75 Å². The molecule has 0 spiro atoms. The number of anilines is 1. The smallest absolute Gasteiger partial charge is 0.119 e. The molecule has 0 aliphatic carbocycles. The molecule has 0 radical (unpaired) electrons. The number of aliphatic hydroxyl groups is 1. The fourth-order valence-corrected chi connectivity index (χ4v) is 2.22. The van der Waals surface area contributed by atoms with Crippen LogP contribution in [0.2, 0.25) is 5.02 Å². The average Bonchev–Trinajstić information content (AvgIpc) is 2.48. The Labute approximate surface area is 131 Å². The highest BCUT2D eigenvalue weighted by atomic mass is 79.9. The topological polar surface area (TPSA) is 41.5 Å². The minimum Gasteiger partial charge on any atom is -0.491 e. The van der Waals surface area contributed by atoms with Gasteiger partial charge in [0.05, 0.1) is 15.2 Å². The van der Waals surface area contributed by atoms with E-state index >= 15 is 0 Å². The molecule has 0 saturated heterocycles. The molecule has 0 aliphatic heterocycles. The number of nitrogens with one attached hydrogen (secondary N) is 1. The van der Waals surface area contributed by atoms with Crippen molar-refractivity contribution in [1.82, 2.24) is 0 Å². The highest BCUT2D eigenvalue weighted by Gasteiger charge is 2.08. The Kier molecular flexibility index (Phi) is 5.71. The van der Waals surface area contributed by atoms with Crippen LogP contribution in [-0.4, -0.2) is 24.4 Å². The van der Waals surface area contributed by atoms with Crippen LogP contribution < -0.4 is 10.1 Å². The summed E-state index contributed by atoms with van der Waals surface area (Å²) >= 11 is 9.39. The maximum Gasteiger partial charge on any atom is 0.119 e. The molecule has 0 amide bonds. The highest BCUT2D eigenvalue weighted by molar-refractivity contribution is 9.10. The summed E-state index contributed by atoms with van der Waals surface area (Å²) in [4.78, 5) is 0. The van der Waals surface area contributed by atoms with Crippen LogP contribution in [0.3, 0.4) is 0 Å². The molecule has 2 rings (SSSR count). The normalized spacial score (nSPS) is 11.9. The van der Waals surface area contributed by atoms with Crippen molar-refractivity contribution in [3.8, 4) is 5.75 Å². The van der Waals surface area contributed by atoms with Crippen LogP contribution in [0.15, 0.2) is 53.0 Å². The maximum atomic E-state index is 9.90. The van der Waals surface area contributed by atoms with Crippen LogP contribution in [0.25, 0.3) is 0 Å². The highest BCUT2D eigenvalue weighted by Crippen LogP contribution is 2.29. The van der Waals surface area contributed by atoms with E-state index in [1.54, 1.807) is 6.07 Å². The average molecular weight is 357 g/mol. The number of hydrogen-bond acceptors (Lipinski definition) is 3. The molecule has 0 heterocycles. The van der Waals surface area contributed by atoms with Crippen molar-refractivity contribution in [3.05, 3.63) is 58.0 Å². The maximum absolute atomic E-state index is 9.90. The van der Waals surface area contributed by atoms with E-state index < -0.39 is 6.10 Å². The molecule has 2 aromatic rings. The Morgan fingerprint density at radius 2 is 1.90 bits per heavy atom. The SMILES string of the molecule is OC(CNc1cccc(Cl)c1Br)COc1ccccc1. The van der Waals surface area contributed by atoms with E-state index in [9.17, 15) is 5.11 Å². The van der Waals surface area contributed by atoms with Gasteiger partial charge >= 0.3 is 0 Å². The fourth-order valence-electron chi connectivity index (χ4n) is 1.64. The summed E-state index contributed by atoms with van der Waals surface area (Å²) in [5.74, 6) is 0.746. The van der Waals surface area contributed by atoms with E-state index in [0.717, 1.165) is 15.9 Å². The van der Waals surface area contributed by atoms with Crippen molar-refractivity contribution in [2.75, 3.05) is 18.5 Å². The Hall–Kier alpha value is -1.23. The van der Waals surface area contributed by atoms with Gasteiger partial charge in [0.15, 0.2) is 0 Å². The number of benzene rings is 2. The van der Waals surface area contributed by atoms with Gasteiger partial charge in [0.25, 0.3) is 0 Å². The Bertz CT molecular complexity index is 551. The summed E-state index contributed by atoms with van der Waals surface area (Å²) in [6, 6.07) is 14.9. The van der Waals surface area contributed by atoms with Gasteiger partial charge < -0.3 is 15.2 Å². The van der Waals surface area contributed by atoms with Crippen LogP contribution in [0, 0.1) is 0 Å². The Balaban J connectivity index is 1.80. The second kappa shape index (κ2) is 7.53. The van der Waals surface area contributed by atoms with Gasteiger partial charge in [0, 0.05) is 6.54 Å². The molecule has 20 heavy (non-hydrogen) atoms.